The summed E-state index contributed by atoms with van der Waals surface area (Å²) in [7, 11) is 0. The summed E-state index contributed by atoms with van der Waals surface area (Å²) in [4.78, 5) is 13.6. The molecule has 0 amide bonds. The highest BCUT2D eigenvalue weighted by Gasteiger charge is 2.22. The molecule has 1 aliphatic rings. The van der Waals surface area contributed by atoms with Crippen molar-refractivity contribution < 1.29 is 4.52 Å². The van der Waals surface area contributed by atoms with Crippen LogP contribution in [0.5, 0.6) is 0 Å². The normalized spacial score (nSPS) is 16.4. The Morgan fingerprint density at radius 3 is 2.65 bits per heavy atom. The Hall–Kier alpha value is -1.89. The molecule has 1 aliphatic heterocycles. The highest BCUT2D eigenvalue weighted by atomic mass is 16.5. The minimum absolute atomic E-state index is 0.273. The first kappa shape index (κ1) is 16.0. The third kappa shape index (κ3) is 3.72. The second kappa shape index (κ2) is 7.12. The van der Waals surface area contributed by atoms with Crippen LogP contribution in [0.4, 0.5) is 5.95 Å². The molecule has 7 heteroatoms. The molecule has 0 radical (unpaired) electrons. The van der Waals surface area contributed by atoms with Crippen molar-refractivity contribution in [1.29, 1.82) is 0 Å². The Bertz CT molecular complexity index is 612. The predicted molar refractivity (Wildman–Crippen MR) is 88.4 cm³/mol. The molecule has 0 saturated carbocycles. The lowest BCUT2D eigenvalue weighted by atomic mass is 10.2. The van der Waals surface area contributed by atoms with Crippen molar-refractivity contribution in [3.63, 3.8) is 0 Å². The van der Waals surface area contributed by atoms with Crippen LogP contribution in [0, 0.1) is 0 Å². The van der Waals surface area contributed by atoms with E-state index in [1.165, 1.54) is 0 Å². The standard InChI is InChI=1S/C16H26N6O/c1-4-6-21-7-5-17-14(21)12-20-8-10-22(11-9-20)16-18-15(13(2)3)23-19-16/h5,7,13H,4,6,8-12H2,1-3H3. The van der Waals surface area contributed by atoms with Crippen LogP contribution < -0.4 is 4.90 Å². The average Bonchev–Trinajstić information content (AvgIpc) is 3.19. The first-order chi connectivity index (χ1) is 11.2. The molecule has 23 heavy (non-hydrogen) atoms. The number of aromatic nitrogens is 4. The second-order valence-electron chi connectivity index (χ2n) is 6.39. The summed E-state index contributed by atoms with van der Waals surface area (Å²) in [6.07, 6.45) is 5.10. The maximum Gasteiger partial charge on any atom is 0.266 e. The molecule has 2 aromatic heterocycles. The summed E-state index contributed by atoms with van der Waals surface area (Å²) in [5.41, 5.74) is 0. The summed E-state index contributed by atoms with van der Waals surface area (Å²) < 4.78 is 7.55. The van der Waals surface area contributed by atoms with Gasteiger partial charge in [0.2, 0.25) is 5.89 Å². The molecule has 0 spiro atoms. The van der Waals surface area contributed by atoms with Crippen LogP contribution >= 0.6 is 0 Å². The van der Waals surface area contributed by atoms with Crippen LogP contribution in [0.25, 0.3) is 0 Å². The van der Waals surface area contributed by atoms with E-state index >= 15 is 0 Å². The zero-order valence-corrected chi connectivity index (χ0v) is 14.3. The SMILES string of the molecule is CCCn1ccnc1CN1CCN(c2noc(C(C)C)n2)CC1. The molecule has 7 nitrogen and oxygen atoms in total. The highest BCUT2D eigenvalue weighted by molar-refractivity contribution is 5.28. The Balaban J connectivity index is 1.54. The topological polar surface area (TPSA) is 63.2 Å². The number of aryl methyl sites for hydroxylation is 1. The van der Waals surface area contributed by atoms with Crippen molar-refractivity contribution in [3.05, 3.63) is 24.1 Å². The van der Waals surface area contributed by atoms with Crippen molar-refractivity contribution in [2.45, 2.75) is 46.2 Å². The molecule has 0 unspecified atom stereocenters. The van der Waals surface area contributed by atoms with E-state index in [1.807, 2.05) is 6.20 Å². The van der Waals surface area contributed by atoms with Crippen LogP contribution in [-0.2, 0) is 13.1 Å². The van der Waals surface area contributed by atoms with Gasteiger partial charge in [0.1, 0.15) is 5.82 Å². The number of piperazine rings is 1. The summed E-state index contributed by atoms with van der Waals surface area (Å²) in [5, 5.41) is 4.11. The van der Waals surface area contributed by atoms with Gasteiger partial charge in [0.05, 0.1) is 6.54 Å². The van der Waals surface area contributed by atoms with E-state index in [-0.39, 0.29) is 5.92 Å². The van der Waals surface area contributed by atoms with Crippen molar-refractivity contribution in [1.82, 2.24) is 24.6 Å². The molecule has 126 valence electrons. The van der Waals surface area contributed by atoms with Gasteiger partial charge >= 0.3 is 0 Å². The largest absolute Gasteiger partial charge is 0.337 e. The molecule has 0 aromatic carbocycles. The Morgan fingerprint density at radius 1 is 1.22 bits per heavy atom. The third-order valence-corrected chi connectivity index (χ3v) is 4.21. The van der Waals surface area contributed by atoms with Gasteiger partial charge in [-0.2, -0.15) is 4.98 Å². The maximum absolute atomic E-state index is 5.30. The number of rotatable bonds is 6. The molecule has 1 saturated heterocycles. The Labute approximate surface area is 137 Å². The smallest absolute Gasteiger partial charge is 0.266 e. The van der Waals surface area contributed by atoms with Crippen molar-refractivity contribution >= 4 is 5.95 Å². The van der Waals surface area contributed by atoms with Gasteiger partial charge in [-0.05, 0) is 11.6 Å². The van der Waals surface area contributed by atoms with E-state index in [0.717, 1.165) is 57.5 Å². The van der Waals surface area contributed by atoms with Gasteiger partial charge in [0.15, 0.2) is 0 Å². The van der Waals surface area contributed by atoms with Gasteiger partial charge < -0.3 is 14.0 Å². The molecule has 2 aromatic rings. The lowest BCUT2D eigenvalue weighted by molar-refractivity contribution is 0.238. The van der Waals surface area contributed by atoms with Crippen LogP contribution in [0.15, 0.2) is 16.9 Å². The van der Waals surface area contributed by atoms with Gasteiger partial charge in [-0.25, -0.2) is 4.98 Å². The number of nitrogens with zero attached hydrogens (tertiary/aromatic N) is 6. The average molecular weight is 318 g/mol. The second-order valence-corrected chi connectivity index (χ2v) is 6.39. The summed E-state index contributed by atoms with van der Waals surface area (Å²) in [5.74, 6) is 2.86. The monoisotopic (exact) mass is 318 g/mol. The fourth-order valence-electron chi connectivity index (χ4n) is 2.83. The van der Waals surface area contributed by atoms with Gasteiger partial charge in [-0.15, -0.1) is 0 Å². The third-order valence-electron chi connectivity index (χ3n) is 4.21. The highest BCUT2D eigenvalue weighted by Crippen LogP contribution is 2.18. The van der Waals surface area contributed by atoms with Crippen molar-refractivity contribution in [2.75, 3.05) is 31.1 Å². The first-order valence-electron chi connectivity index (χ1n) is 8.48. The fraction of sp³-hybridized carbons (Fsp3) is 0.688. The lowest BCUT2D eigenvalue weighted by Gasteiger charge is -2.33. The van der Waals surface area contributed by atoms with Gasteiger partial charge in [0, 0.05) is 51.0 Å². The number of anilines is 1. The van der Waals surface area contributed by atoms with Crippen LogP contribution in [-0.4, -0.2) is 50.8 Å². The summed E-state index contributed by atoms with van der Waals surface area (Å²) in [6.45, 7) is 12.1. The van der Waals surface area contributed by atoms with E-state index in [1.54, 1.807) is 0 Å². The van der Waals surface area contributed by atoms with Crippen molar-refractivity contribution in [3.8, 4) is 0 Å². The maximum atomic E-state index is 5.30. The van der Waals surface area contributed by atoms with Gasteiger partial charge in [0.25, 0.3) is 5.95 Å². The Morgan fingerprint density at radius 2 is 2.00 bits per heavy atom. The quantitative estimate of drug-likeness (QED) is 0.813. The van der Waals surface area contributed by atoms with E-state index in [0.29, 0.717) is 5.89 Å². The summed E-state index contributed by atoms with van der Waals surface area (Å²) >= 11 is 0. The molecule has 0 N–H and O–H groups in total. The van der Waals surface area contributed by atoms with E-state index in [4.69, 9.17) is 4.52 Å². The molecular formula is C16H26N6O. The van der Waals surface area contributed by atoms with Crippen LogP contribution in [0.1, 0.15) is 44.8 Å². The minimum atomic E-state index is 0.273. The molecule has 0 atom stereocenters. The zero-order valence-electron chi connectivity index (χ0n) is 14.3. The van der Waals surface area contributed by atoms with E-state index < -0.39 is 0 Å². The first-order valence-corrected chi connectivity index (χ1v) is 8.48. The molecule has 0 bridgehead atoms. The summed E-state index contributed by atoms with van der Waals surface area (Å²) in [6, 6.07) is 0. The lowest BCUT2D eigenvalue weighted by Crippen LogP contribution is -2.46. The number of hydrogen-bond donors (Lipinski definition) is 0. The van der Waals surface area contributed by atoms with E-state index in [2.05, 4.69) is 56.5 Å². The zero-order chi connectivity index (χ0) is 16.2. The molecule has 1 fully saturated rings. The Kier molecular flexibility index (Phi) is 4.95. The fourth-order valence-corrected chi connectivity index (χ4v) is 2.83. The van der Waals surface area contributed by atoms with Gasteiger partial charge in [-0.3, -0.25) is 4.90 Å². The molecule has 3 rings (SSSR count). The molecule has 0 aliphatic carbocycles. The van der Waals surface area contributed by atoms with Gasteiger partial charge in [-0.1, -0.05) is 20.8 Å². The number of hydrogen-bond acceptors (Lipinski definition) is 6. The number of imidazole rings is 1. The minimum Gasteiger partial charge on any atom is -0.337 e. The molecular weight excluding hydrogens is 292 g/mol. The van der Waals surface area contributed by atoms with E-state index in [9.17, 15) is 0 Å². The van der Waals surface area contributed by atoms with Crippen LogP contribution in [0.3, 0.4) is 0 Å². The predicted octanol–water partition coefficient (Wildman–Crippen LogP) is 2.12. The van der Waals surface area contributed by atoms with Crippen molar-refractivity contribution in [2.24, 2.45) is 0 Å². The van der Waals surface area contributed by atoms with Crippen LogP contribution in [0.2, 0.25) is 0 Å². The molecule has 3 heterocycles.